The van der Waals surface area contributed by atoms with Gasteiger partial charge in [-0.1, -0.05) is 12.1 Å². The maximum atomic E-state index is 10.7. The van der Waals surface area contributed by atoms with Crippen LogP contribution in [0.4, 0.5) is 5.69 Å². The van der Waals surface area contributed by atoms with E-state index in [1.54, 1.807) is 13.0 Å². The Labute approximate surface area is 86.5 Å². The number of carboxylic acids is 1. The number of rotatable bonds is 3. The van der Waals surface area contributed by atoms with Crippen LogP contribution in [0, 0.1) is 17.0 Å². The predicted octanol–water partition coefficient (Wildman–Crippen LogP) is 2.09. The zero-order chi connectivity index (χ0) is 11.6. The topological polar surface area (TPSA) is 80.4 Å². The van der Waals surface area contributed by atoms with E-state index in [0.29, 0.717) is 0 Å². The smallest absolute Gasteiger partial charge is 0.310 e. The van der Waals surface area contributed by atoms with Crippen LogP contribution in [-0.4, -0.2) is 16.0 Å². The fourth-order valence-corrected chi connectivity index (χ4v) is 1.31. The lowest BCUT2D eigenvalue weighted by Gasteiger charge is -2.07. The lowest BCUT2D eigenvalue weighted by atomic mass is 9.98. The quantitative estimate of drug-likeness (QED) is 0.610. The maximum absolute atomic E-state index is 10.7. The first-order valence-corrected chi connectivity index (χ1v) is 4.41. The molecule has 1 rings (SSSR count). The number of carbonyl (C=O) groups is 1. The first kappa shape index (κ1) is 11.2. The zero-order valence-electron chi connectivity index (χ0n) is 8.43. The monoisotopic (exact) mass is 209 g/mol. The number of aliphatic carboxylic acids is 1. The molecule has 0 aliphatic heterocycles. The van der Waals surface area contributed by atoms with Crippen LogP contribution in [0.3, 0.4) is 0 Å². The summed E-state index contributed by atoms with van der Waals surface area (Å²) in [6.45, 7) is 3.15. The first-order chi connectivity index (χ1) is 6.93. The minimum atomic E-state index is -1.07. The Morgan fingerprint density at radius 3 is 2.60 bits per heavy atom. The highest BCUT2D eigenvalue weighted by molar-refractivity contribution is 5.77. The molecule has 0 saturated carbocycles. The molecular weight excluding hydrogens is 198 g/mol. The molecule has 0 aliphatic carbocycles. The maximum Gasteiger partial charge on any atom is 0.310 e. The number of hydrogen-bond acceptors (Lipinski definition) is 3. The molecule has 0 fully saturated rings. The van der Waals surface area contributed by atoms with Gasteiger partial charge >= 0.3 is 5.97 Å². The summed E-state index contributed by atoms with van der Waals surface area (Å²) in [4.78, 5) is 20.9. The molecule has 0 heterocycles. The van der Waals surface area contributed by atoms with Gasteiger partial charge in [-0.3, -0.25) is 14.9 Å². The van der Waals surface area contributed by atoms with E-state index >= 15 is 0 Å². The van der Waals surface area contributed by atoms with Gasteiger partial charge in [0.05, 0.1) is 10.8 Å². The Hall–Kier alpha value is -1.91. The van der Waals surface area contributed by atoms with Crippen molar-refractivity contribution in [2.45, 2.75) is 19.8 Å². The third kappa shape index (κ3) is 2.31. The van der Waals surface area contributed by atoms with Gasteiger partial charge in [0.25, 0.3) is 5.69 Å². The van der Waals surface area contributed by atoms with E-state index in [9.17, 15) is 14.9 Å². The fourth-order valence-electron chi connectivity index (χ4n) is 1.31. The molecule has 0 saturated heterocycles. The highest BCUT2D eigenvalue weighted by Gasteiger charge is 2.23. The summed E-state index contributed by atoms with van der Waals surface area (Å²) >= 11 is 0. The number of hydrogen-bond donors (Lipinski definition) is 1. The molecule has 15 heavy (non-hydrogen) atoms. The van der Waals surface area contributed by atoms with E-state index in [4.69, 9.17) is 5.11 Å². The van der Waals surface area contributed by atoms with Crippen LogP contribution in [0.5, 0.6) is 0 Å². The third-order valence-corrected chi connectivity index (χ3v) is 2.22. The summed E-state index contributed by atoms with van der Waals surface area (Å²) in [7, 11) is 0. The van der Waals surface area contributed by atoms with Crippen LogP contribution in [-0.2, 0) is 4.79 Å². The lowest BCUT2D eigenvalue weighted by molar-refractivity contribution is -0.385. The summed E-state index contributed by atoms with van der Waals surface area (Å²) in [6, 6.07) is 4.54. The molecule has 5 heteroatoms. The lowest BCUT2D eigenvalue weighted by Crippen LogP contribution is -2.09. The molecule has 1 aromatic carbocycles. The minimum Gasteiger partial charge on any atom is -0.481 e. The summed E-state index contributed by atoms with van der Waals surface area (Å²) in [6.07, 6.45) is 0. The van der Waals surface area contributed by atoms with Crippen molar-refractivity contribution in [2.24, 2.45) is 0 Å². The van der Waals surface area contributed by atoms with Gasteiger partial charge < -0.3 is 5.11 Å². The molecular formula is C10H11NO4. The van der Waals surface area contributed by atoms with Crippen molar-refractivity contribution in [3.63, 3.8) is 0 Å². The van der Waals surface area contributed by atoms with Crippen molar-refractivity contribution in [2.75, 3.05) is 0 Å². The van der Waals surface area contributed by atoms with Crippen LogP contribution in [0.25, 0.3) is 0 Å². The molecule has 5 nitrogen and oxygen atoms in total. The van der Waals surface area contributed by atoms with Crippen molar-refractivity contribution < 1.29 is 14.8 Å². The Morgan fingerprint density at radius 1 is 1.53 bits per heavy atom. The van der Waals surface area contributed by atoms with Gasteiger partial charge in [-0.05, 0) is 19.4 Å². The van der Waals surface area contributed by atoms with E-state index in [1.165, 1.54) is 19.1 Å². The molecule has 0 radical (unpaired) electrons. The molecule has 0 aliphatic rings. The average molecular weight is 209 g/mol. The van der Waals surface area contributed by atoms with Crippen LogP contribution in [0.2, 0.25) is 0 Å². The van der Waals surface area contributed by atoms with Gasteiger partial charge in [0.15, 0.2) is 0 Å². The number of aryl methyl sites for hydroxylation is 1. The van der Waals surface area contributed by atoms with Gasteiger partial charge in [-0.2, -0.15) is 0 Å². The largest absolute Gasteiger partial charge is 0.481 e. The SMILES string of the molecule is Cc1ccc(C(C)C(=O)O)c([N+](=O)[O-])c1. The number of nitrogens with zero attached hydrogens (tertiary/aromatic N) is 1. The second kappa shape index (κ2) is 4.08. The van der Waals surface area contributed by atoms with Crippen LogP contribution in [0.15, 0.2) is 18.2 Å². The van der Waals surface area contributed by atoms with E-state index < -0.39 is 16.8 Å². The van der Waals surface area contributed by atoms with Crippen molar-refractivity contribution in [3.05, 3.63) is 39.4 Å². The minimum absolute atomic E-state index is 0.134. The van der Waals surface area contributed by atoms with E-state index in [0.717, 1.165) is 5.56 Å². The van der Waals surface area contributed by atoms with E-state index in [1.807, 2.05) is 0 Å². The Balaban J connectivity index is 3.28. The average Bonchev–Trinajstić information content (AvgIpc) is 2.16. The highest BCUT2D eigenvalue weighted by atomic mass is 16.6. The molecule has 80 valence electrons. The van der Waals surface area contributed by atoms with Gasteiger partial charge in [0.2, 0.25) is 0 Å². The van der Waals surface area contributed by atoms with Crippen molar-refractivity contribution >= 4 is 11.7 Å². The number of carboxylic acid groups (broad SMARTS) is 1. The highest BCUT2D eigenvalue weighted by Crippen LogP contribution is 2.27. The Bertz CT molecular complexity index is 414. The summed E-state index contributed by atoms with van der Waals surface area (Å²) in [5.74, 6) is -1.94. The second-order valence-electron chi connectivity index (χ2n) is 3.38. The molecule has 0 spiro atoms. The Morgan fingerprint density at radius 2 is 2.13 bits per heavy atom. The second-order valence-corrected chi connectivity index (χ2v) is 3.38. The molecule has 1 atom stereocenters. The van der Waals surface area contributed by atoms with Crippen LogP contribution < -0.4 is 0 Å². The molecule has 1 aromatic rings. The number of nitro groups is 1. The summed E-state index contributed by atoms with van der Waals surface area (Å²) in [5.41, 5.74) is 0.839. The third-order valence-electron chi connectivity index (χ3n) is 2.22. The number of nitro benzene ring substituents is 1. The first-order valence-electron chi connectivity index (χ1n) is 4.41. The zero-order valence-corrected chi connectivity index (χ0v) is 8.43. The van der Waals surface area contributed by atoms with Crippen molar-refractivity contribution in [1.82, 2.24) is 0 Å². The molecule has 1 N–H and O–H groups in total. The summed E-state index contributed by atoms with van der Waals surface area (Å²) < 4.78 is 0. The number of benzene rings is 1. The molecule has 0 aromatic heterocycles. The van der Waals surface area contributed by atoms with E-state index in [2.05, 4.69) is 0 Å². The summed E-state index contributed by atoms with van der Waals surface area (Å²) in [5, 5.41) is 19.5. The van der Waals surface area contributed by atoms with Crippen LogP contribution in [0.1, 0.15) is 24.0 Å². The Kier molecular flexibility index (Phi) is 3.04. The standard InChI is InChI=1S/C10H11NO4/c1-6-3-4-8(7(2)10(12)13)9(5-6)11(14)15/h3-5,7H,1-2H3,(H,12,13). The fraction of sp³-hybridized carbons (Fsp3) is 0.300. The normalized spacial score (nSPS) is 12.1. The van der Waals surface area contributed by atoms with E-state index in [-0.39, 0.29) is 11.3 Å². The molecule has 0 amide bonds. The van der Waals surface area contributed by atoms with Crippen molar-refractivity contribution in [3.8, 4) is 0 Å². The molecule has 0 bridgehead atoms. The van der Waals surface area contributed by atoms with Crippen LogP contribution >= 0.6 is 0 Å². The molecule has 1 unspecified atom stereocenters. The van der Waals surface area contributed by atoms with Crippen molar-refractivity contribution in [1.29, 1.82) is 0 Å². The van der Waals surface area contributed by atoms with Gasteiger partial charge in [0.1, 0.15) is 0 Å². The van der Waals surface area contributed by atoms with Gasteiger partial charge in [0, 0.05) is 11.6 Å². The predicted molar refractivity (Wildman–Crippen MR) is 53.9 cm³/mol. The van der Waals surface area contributed by atoms with Gasteiger partial charge in [-0.25, -0.2) is 0 Å². The van der Waals surface area contributed by atoms with Gasteiger partial charge in [-0.15, -0.1) is 0 Å².